The number of carbonyl (C=O) groups is 2. The number of nitrogens with zero attached hydrogens (tertiary/aromatic N) is 1. The van der Waals surface area contributed by atoms with Crippen molar-refractivity contribution in [3.8, 4) is 5.75 Å². The van der Waals surface area contributed by atoms with E-state index in [4.69, 9.17) is 4.74 Å². The second-order valence-corrected chi connectivity index (χ2v) is 9.19. The lowest BCUT2D eigenvalue weighted by molar-refractivity contribution is -0.143. The Hall–Kier alpha value is -3.34. The third kappa shape index (κ3) is 5.77. The maximum Gasteiger partial charge on any atom is 0.261 e. The third-order valence-electron chi connectivity index (χ3n) is 6.66. The Bertz CT molecular complexity index is 1110. The molecule has 34 heavy (non-hydrogen) atoms. The lowest BCUT2D eigenvalue weighted by Crippen LogP contribution is -2.52. The quantitative estimate of drug-likeness (QED) is 0.467. The van der Waals surface area contributed by atoms with E-state index in [-0.39, 0.29) is 24.5 Å². The van der Waals surface area contributed by atoms with Gasteiger partial charge in [-0.3, -0.25) is 9.59 Å². The monoisotopic (exact) mass is 458 g/mol. The van der Waals surface area contributed by atoms with Crippen LogP contribution in [-0.4, -0.2) is 35.4 Å². The summed E-state index contributed by atoms with van der Waals surface area (Å²) in [5, 5.41) is 5.21. The fourth-order valence-electron chi connectivity index (χ4n) is 4.72. The fraction of sp³-hybridized carbons (Fsp3) is 0.379. The molecule has 1 aliphatic rings. The SMILES string of the molecule is CC[C@@H](C(=O)NC1CCCC1)N(Cc1ccc(C)cc1)C(=O)COc1cccc2ccccc12. The molecule has 3 aromatic rings. The van der Waals surface area contributed by atoms with Crippen LogP contribution in [0.15, 0.2) is 66.7 Å². The van der Waals surface area contributed by atoms with Crippen molar-refractivity contribution < 1.29 is 14.3 Å². The van der Waals surface area contributed by atoms with Crippen LogP contribution in [0.4, 0.5) is 0 Å². The van der Waals surface area contributed by atoms with Crippen molar-refractivity contribution in [2.24, 2.45) is 0 Å². The van der Waals surface area contributed by atoms with Crippen molar-refractivity contribution in [3.63, 3.8) is 0 Å². The van der Waals surface area contributed by atoms with E-state index in [1.54, 1.807) is 4.90 Å². The number of fused-ring (bicyclic) bond motifs is 1. The number of ether oxygens (including phenoxy) is 1. The third-order valence-corrected chi connectivity index (χ3v) is 6.66. The van der Waals surface area contributed by atoms with Gasteiger partial charge in [-0.1, -0.05) is 86.0 Å². The number of benzene rings is 3. The number of amides is 2. The van der Waals surface area contributed by atoms with Crippen molar-refractivity contribution in [3.05, 3.63) is 77.9 Å². The summed E-state index contributed by atoms with van der Waals surface area (Å²) >= 11 is 0. The number of rotatable bonds is 9. The Kier molecular flexibility index (Phi) is 7.84. The molecule has 1 fully saturated rings. The van der Waals surface area contributed by atoms with E-state index in [1.807, 2.05) is 80.6 Å². The van der Waals surface area contributed by atoms with Crippen LogP contribution in [0, 0.1) is 6.92 Å². The second-order valence-electron chi connectivity index (χ2n) is 9.19. The smallest absolute Gasteiger partial charge is 0.261 e. The van der Waals surface area contributed by atoms with Gasteiger partial charge in [0.1, 0.15) is 11.8 Å². The van der Waals surface area contributed by atoms with E-state index in [1.165, 1.54) is 0 Å². The van der Waals surface area contributed by atoms with Crippen LogP contribution in [0.5, 0.6) is 5.75 Å². The summed E-state index contributed by atoms with van der Waals surface area (Å²) in [5.41, 5.74) is 2.16. The molecule has 0 bridgehead atoms. The van der Waals surface area contributed by atoms with E-state index in [0.29, 0.717) is 18.7 Å². The average Bonchev–Trinajstić information content (AvgIpc) is 3.36. The topological polar surface area (TPSA) is 58.6 Å². The van der Waals surface area contributed by atoms with E-state index >= 15 is 0 Å². The number of aryl methyl sites for hydroxylation is 1. The van der Waals surface area contributed by atoms with Gasteiger partial charge in [-0.05, 0) is 43.2 Å². The Morgan fingerprint density at radius 3 is 2.44 bits per heavy atom. The molecule has 2 amide bonds. The molecule has 0 aromatic heterocycles. The predicted octanol–water partition coefficient (Wildman–Crippen LogP) is 5.39. The molecule has 0 unspecified atom stereocenters. The van der Waals surface area contributed by atoms with E-state index < -0.39 is 6.04 Å². The van der Waals surface area contributed by atoms with E-state index in [9.17, 15) is 9.59 Å². The zero-order chi connectivity index (χ0) is 23.9. The Morgan fingerprint density at radius 2 is 1.71 bits per heavy atom. The van der Waals surface area contributed by atoms with Gasteiger partial charge in [0.15, 0.2) is 6.61 Å². The van der Waals surface area contributed by atoms with Crippen molar-refractivity contribution in [2.45, 2.75) is 64.6 Å². The first-order valence-corrected chi connectivity index (χ1v) is 12.3. The van der Waals surface area contributed by atoms with Gasteiger partial charge in [0.2, 0.25) is 5.91 Å². The highest BCUT2D eigenvalue weighted by Gasteiger charge is 2.30. The molecular formula is C29H34N2O3. The molecule has 0 aliphatic heterocycles. The number of hydrogen-bond acceptors (Lipinski definition) is 3. The van der Waals surface area contributed by atoms with Gasteiger partial charge in [-0.2, -0.15) is 0 Å². The Morgan fingerprint density at radius 1 is 1.00 bits per heavy atom. The standard InChI is InChI=1S/C29H34N2O3/c1-3-26(29(33)30-24-11-5-6-12-24)31(19-22-17-15-21(2)16-18-22)28(32)20-34-27-14-8-10-23-9-4-7-13-25(23)27/h4,7-10,13-18,24,26H,3,5-6,11-12,19-20H2,1-2H3,(H,30,33)/t26-/m0/s1. The molecular weight excluding hydrogens is 424 g/mol. The van der Waals surface area contributed by atoms with Crippen molar-refractivity contribution in [1.82, 2.24) is 10.2 Å². The summed E-state index contributed by atoms with van der Waals surface area (Å²) in [7, 11) is 0. The van der Waals surface area contributed by atoms with Crippen molar-refractivity contribution in [2.75, 3.05) is 6.61 Å². The lowest BCUT2D eigenvalue weighted by Gasteiger charge is -2.31. The average molecular weight is 459 g/mol. The normalized spacial score (nSPS) is 14.6. The predicted molar refractivity (Wildman–Crippen MR) is 136 cm³/mol. The molecule has 5 nitrogen and oxygen atoms in total. The highest BCUT2D eigenvalue weighted by molar-refractivity contribution is 5.90. The molecule has 1 aliphatic carbocycles. The fourth-order valence-corrected chi connectivity index (χ4v) is 4.72. The minimum absolute atomic E-state index is 0.0694. The highest BCUT2D eigenvalue weighted by Crippen LogP contribution is 2.25. The molecule has 0 spiro atoms. The summed E-state index contributed by atoms with van der Waals surface area (Å²) in [6, 6.07) is 21.6. The molecule has 4 rings (SSSR count). The second kappa shape index (κ2) is 11.2. The summed E-state index contributed by atoms with van der Waals surface area (Å²) in [5.74, 6) is 0.409. The minimum atomic E-state index is -0.537. The Labute approximate surface area is 202 Å². The number of carbonyl (C=O) groups excluding carboxylic acids is 2. The van der Waals surface area contributed by atoms with Crippen LogP contribution in [-0.2, 0) is 16.1 Å². The first-order valence-electron chi connectivity index (χ1n) is 12.3. The maximum atomic E-state index is 13.5. The first kappa shape index (κ1) is 23.8. The van der Waals surface area contributed by atoms with Crippen molar-refractivity contribution in [1.29, 1.82) is 0 Å². The van der Waals surface area contributed by atoms with E-state index in [2.05, 4.69) is 5.32 Å². The van der Waals surface area contributed by atoms with Crippen LogP contribution >= 0.6 is 0 Å². The van der Waals surface area contributed by atoms with Gasteiger partial charge in [0.25, 0.3) is 5.91 Å². The molecule has 1 saturated carbocycles. The zero-order valence-corrected chi connectivity index (χ0v) is 20.1. The maximum absolute atomic E-state index is 13.5. The van der Waals surface area contributed by atoms with Gasteiger partial charge < -0.3 is 15.0 Å². The van der Waals surface area contributed by atoms with E-state index in [0.717, 1.165) is 47.6 Å². The molecule has 1 N–H and O–H groups in total. The molecule has 5 heteroatoms. The summed E-state index contributed by atoms with van der Waals surface area (Å²) in [4.78, 5) is 28.4. The molecule has 178 valence electrons. The highest BCUT2D eigenvalue weighted by atomic mass is 16.5. The molecule has 1 atom stereocenters. The molecule has 3 aromatic carbocycles. The minimum Gasteiger partial charge on any atom is -0.483 e. The van der Waals surface area contributed by atoms with Crippen LogP contribution in [0.3, 0.4) is 0 Å². The van der Waals surface area contributed by atoms with Gasteiger partial charge in [-0.25, -0.2) is 0 Å². The van der Waals surface area contributed by atoms with Crippen LogP contribution in [0.2, 0.25) is 0 Å². The largest absolute Gasteiger partial charge is 0.483 e. The van der Waals surface area contributed by atoms with Crippen molar-refractivity contribution >= 4 is 22.6 Å². The number of nitrogens with one attached hydrogen (secondary N) is 1. The molecule has 0 heterocycles. The molecule has 0 saturated heterocycles. The van der Waals surface area contributed by atoms with Gasteiger partial charge in [0.05, 0.1) is 0 Å². The van der Waals surface area contributed by atoms with Crippen LogP contribution in [0.1, 0.15) is 50.2 Å². The summed E-state index contributed by atoms with van der Waals surface area (Å²) < 4.78 is 6.00. The van der Waals surface area contributed by atoms with Gasteiger partial charge in [-0.15, -0.1) is 0 Å². The van der Waals surface area contributed by atoms with Gasteiger partial charge >= 0.3 is 0 Å². The summed E-state index contributed by atoms with van der Waals surface area (Å²) in [6.45, 7) is 4.25. The zero-order valence-electron chi connectivity index (χ0n) is 20.1. The van der Waals surface area contributed by atoms with Crippen LogP contribution < -0.4 is 10.1 Å². The van der Waals surface area contributed by atoms with Gasteiger partial charge in [0, 0.05) is 18.0 Å². The Balaban J connectivity index is 1.53. The summed E-state index contributed by atoms with van der Waals surface area (Å²) in [6.07, 6.45) is 4.86. The molecule has 0 radical (unpaired) electrons. The lowest BCUT2D eigenvalue weighted by atomic mass is 10.1. The first-order chi connectivity index (χ1) is 16.5. The number of hydrogen-bond donors (Lipinski definition) is 1. The van der Waals surface area contributed by atoms with Crippen LogP contribution in [0.25, 0.3) is 10.8 Å².